The SMILES string of the molecule is Nc1ncnc2n[nH]c(C(=O)Nc3cc(C(F)F)[nH]n3)c12. The second-order valence-corrected chi connectivity index (χ2v) is 4.02. The highest BCUT2D eigenvalue weighted by Gasteiger charge is 2.19. The molecule has 3 aromatic rings. The summed E-state index contributed by atoms with van der Waals surface area (Å²) in [5.41, 5.74) is 5.51. The summed E-state index contributed by atoms with van der Waals surface area (Å²) < 4.78 is 24.8. The Balaban J connectivity index is 1.90. The van der Waals surface area contributed by atoms with E-state index in [1.54, 1.807) is 0 Å². The van der Waals surface area contributed by atoms with Crippen LogP contribution >= 0.6 is 0 Å². The first-order valence-corrected chi connectivity index (χ1v) is 5.65. The average Bonchev–Trinajstić information content (AvgIpc) is 3.05. The lowest BCUT2D eigenvalue weighted by Crippen LogP contribution is -2.13. The van der Waals surface area contributed by atoms with E-state index in [0.29, 0.717) is 0 Å². The molecule has 0 aromatic carbocycles. The number of carbonyl (C=O) groups excluding carboxylic acids is 1. The lowest BCUT2D eigenvalue weighted by Gasteiger charge is -2.00. The molecular weight excluding hydrogens is 286 g/mol. The van der Waals surface area contributed by atoms with Crippen LogP contribution in [0.1, 0.15) is 22.6 Å². The van der Waals surface area contributed by atoms with E-state index in [9.17, 15) is 13.6 Å². The van der Waals surface area contributed by atoms with Crippen molar-refractivity contribution in [3.63, 3.8) is 0 Å². The average molecular weight is 294 g/mol. The zero-order chi connectivity index (χ0) is 15.0. The van der Waals surface area contributed by atoms with Crippen molar-refractivity contribution in [2.24, 2.45) is 0 Å². The summed E-state index contributed by atoms with van der Waals surface area (Å²) in [6, 6.07) is 1.03. The van der Waals surface area contributed by atoms with Gasteiger partial charge in [0.2, 0.25) is 0 Å². The Labute approximate surface area is 115 Å². The van der Waals surface area contributed by atoms with E-state index < -0.39 is 18.0 Å². The highest BCUT2D eigenvalue weighted by molar-refractivity contribution is 6.12. The molecule has 0 radical (unpaired) electrons. The maximum absolute atomic E-state index is 12.4. The molecule has 11 heteroatoms. The second-order valence-electron chi connectivity index (χ2n) is 4.02. The number of hydrogen-bond donors (Lipinski definition) is 4. The van der Waals surface area contributed by atoms with Crippen molar-refractivity contribution in [3.05, 3.63) is 23.8 Å². The van der Waals surface area contributed by atoms with Crippen LogP contribution in [0.5, 0.6) is 0 Å². The molecule has 108 valence electrons. The molecule has 21 heavy (non-hydrogen) atoms. The number of nitrogens with one attached hydrogen (secondary N) is 3. The van der Waals surface area contributed by atoms with E-state index in [1.165, 1.54) is 6.33 Å². The number of H-pyrrole nitrogens is 2. The third-order valence-electron chi connectivity index (χ3n) is 2.68. The number of aromatic amines is 2. The van der Waals surface area contributed by atoms with Crippen molar-refractivity contribution < 1.29 is 13.6 Å². The van der Waals surface area contributed by atoms with Crippen LogP contribution in [0.2, 0.25) is 0 Å². The minimum absolute atomic E-state index is 0.0182. The van der Waals surface area contributed by atoms with Crippen LogP contribution in [0.3, 0.4) is 0 Å². The van der Waals surface area contributed by atoms with Crippen LogP contribution in [0, 0.1) is 0 Å². The summed E-state index contributed by atoms with van der Waals surface area (Å²) in [5.74, 6) is -0.617. The van der Waals surface area contributed by atoms with Crippen molar-refractivity contribution >= 4 is 28.6 Å². The Bertz CT molecular complexity index is 810. The first-order chi connectivity index (χ1) is 10.1. The zero-order valence-electron chi connectivity index (χ0n) is 10.3. The molecule has 0 aliphatic carbocycles. The molecule has 0 atom stereocenters. The fraction of sp³-hybridized carbons (Fsp3) is 0.100. The Morgan fingerprint density at radius 2 is 2.10 bits per heavy atom. The Hall–Kier alpha value is -3.11. The molecule has 0 aliphatic rings. The third kappa shape index (κ3) is 2.24. The van der Waals surface area contributed by atoms with Gasteiger partial charge < -0.3 is 11.1 Å². The summed E-state index contributed by atoms with van der Waals surface area (Å²) in [5, 5.41) is 14.5. The monoisotopic (exact) mass is 294 g/mol. The van der Waals surface area contributed by atoms with Gasteiger partial charge in [0, 0.05) is 6.07 Å². The number of nitrogens with zero attached hydrogens (tertiary/aromatic N) is 4. The zero-order valence-corrected chi connectivity index (χ0v) is 10.3. The van der Waals surface area contributed by atoms with Crippen molar-refractivity contribution in [3.8, 4) is 0 Å². The van der Waals surface area contributed by atoms with Gasteiger partial charge in [0.15, 0.2) is 11.5 Å². The molecule has 0 unspecified atom stereocenters. The number of nitrogen functional groups attached to an aromatic ring is 1. The van der Waals surface area contributed by atoms with Crippen molar-refractivity contribution in [1.29, 1.82) is 0 Å². The fourth-order valence-electron chi connectivity index (χ4n) is 1.73. The lowest BCUT2D eigenvalue weighted by atomic mass is 10.2. The largest absolute Gasteiger partial charge is 0.383 e. The molecule has 1 amide bonds. The summed E-state index contributed by atoms with van der Waals surface area (Å²) in [6.45, 7) is 0. The van der Waals surface area contributed by atoms with Gasteiger partial charge in [-0.2, -0.15) is 10.2 Å². The predicted octanol–water partition coefficient (Wildman–Crippen LogP) is 0.848. The summed E-state index contributed by atoms with van der Waals surface area (Å²) in [7, 11) is 0. The topological polar surface area (TPSA) is 138 Å². The first-order valence-electron chi connectivity index (χ1n) is 5.65. The van der Waals surface area contributed by atoms with Gasteiger partial charge in [-0.05, 0) is 0 Å². The molecule has 3 heterocycles. The molecule has 0 bridgehead atoms. The predicted molar refractivity (Wildman–Crippen MR) is 67.6 cm³/mol. The fourth-order valence-corrected chi connectivity index (χ4v) is 1.73. The number of hydrogen-bond acceptors (Lipinski definition) is 6. The van der Waals surface area contributed by atoms with Gasteiger partial charge in [0.25, 0.3) is 12.3 Å². The molecule has 5 N–H and O–H groups in total. The molecular formula is C10H8F2N8O. The second kappa shape index (κ2) is 4.77. The number of rotatable bonds is 3. The molecule has 0 saturated heterocycles. The van der Waals surface area contributed by atoms with Gasteiger partial charge in [0.1, 0.15) is 23.5 Å². The van der Waals surface area contributed by atoms with Crippen LogP contribution in [0.4, 0.5) is 20.4 Å². The number of alkyl halides is 2. The van der Waals surface area contributed by atoms with Crippen molar-refractivity contribution in [2.75, 3.05) is 11.1 Å². The number of halogens is 2. The first kappa shape index (κ1) is 12.9. The van der Waals surface area contributed by atoms with E-state index in [0.717, 1.165) is 6.07 Å². The Morgan fingerprint density at radius 3 is 2.81 bits per heavy atom. The third-order valence-corrected chi connectivity index (χ3v) is 2.68. The van der Waals surface area contributed by atoms with Gasteiger partial charge >= 0.3 is 0 Å². The Kier molecular flexibility index (Phi) is 2.93. The smallest absolute Gasteiger partial charge is 0.279 e. The number of fused-ring (bicyclic) bond motifs is 1. The van der Waals surface area contributed by atoms with E-state index in [-0.39, 0.29) is 28.4 Å². The van der Waals surface area contributed by atoms with Gasteiger partial charge in [-0.15, -0.1) is 0 Å². The van der Waals surface area contributed by atoms with E-state index in [2.05, 4.69) is 35.7 Å². The summed E-state index contributed by atoms with van der Waals surface area (Å²) in [4.78, 5) is 19.7. The van der Waals surface area contributed by atoms with Gasteiger partial charge in [-0.3, -0.25) is 15.0 Å². The number of aromatic nitrogens is 6. The molecule has 3 rings (SSSR count). The minimum atomic E-state index is -2.71. The summed E-state index contributed by atoms with van der Waals surface area (Å²) in [6.07, 6.45) is -1.50. The maximum Gasteiger partial charge on any atom is 0.279 e. The van der Waals surface area contributed by atoms with Crippen LogP contribution < -0.4 is 11.1 Å². The molecule has 0 spiro atoms. The normalized spacial score (nSPS) is 11.2. The molecule has 0 saturated carbocycles. The number of anilines is 2. The highest BCUT2D eigenvalue weighted by atomic mass is 19.3. The Morgan fingerprint density at radius 1 is 1.29 bits per heavy atom. The lowest BCUT2D eigenvalue weighted by molar-refractivity contribution is 0.102. The van der Waals surface area contributed by atoms with E-state index >= 15 is 0 Å². The van der Waals surface area contributed by atoms with Crippen LogP contribution in [-0.2, 0) is 0 Å². The van der Waals surface area contributed by atoms with Crippen LogP contribution in [-0.4, -0.2) is 36.3 Å². The number of amides is 1. The maximum atomic E-state index is 12.4. The highest BCUT2D eigenvalue weighted by Crippen LogP contribution is 2.21. The van der Waals surface area contributed by atoms with E-state index in [4.69, 9.17) is 5.73 Å². The van der Waals surface area contributed by atoms with Gasteiger partial charge in [-0.25, -0.2) is 18.7 Å². The number of carbonyl (C=O) groups is 1. The minimum Gasteiger partial charge on any atom is -0.383 e. The molecule has 0 aliphatic heterocycles. The number of nitrogens with two attached hydrogens (primary N) is 1. The van der Waals surface area contributed by atoms with Crippen LogP contribution in [0.15, 0.2) is 12.4 Å². The van der Waals surface area contributed by atoms with Crippen LogP contribution in [0.25, 0.3) is 11.0 Å². The molecule has 0 fully saturated rings. The van der Waals surface area contributed by atoms with Crippen molar-refractivity contribution in [2.45, 2.75) is 6.43 Å². The van der Waals surface area contributed by atoms with E-state index in [1.807, 2.05) is 0 Å². The standard InChI is InChI=1S/C10H8F2N8O/c11-7(12)3-1-4(18-17-3)16-10(21)6-5-8(13)14-2-15-9(5)20-19-6/h1-2,7H,(H2,16,17,18,21)(H3,13,14,15,19,20). The molecule has 3 aromatic heterocycles. The molecule has 9 nitrogen and oxygen atoms in total. The van der Waals surface area contributed by atoms with Crippen molar-refractivity contribution in [1.82, 2.24) is 30.4 Å². The summed E-state index contributed by atoms with van der Waals surface area (Å²) >= 11 is 0. The van der Waals surface area contributed by atoms with Gasteiger partial charge in [0.05, 0.1) is 5.39 Å². The quantitative estimate of drug-likeness (QED) is 0.564. The van der Waals surface area contributed by atoms with Gasteiger partial charge in [-0.1, -0.05) is 0 Å².